The third-order valence-electron chi connectivity index (χ3n) is 5.51. The Hall–Kier alpha value is -2.26. The van der Waals surface area contributed by atoms with E-state index in [9.17, 15) is 0 Å². The monoisotopic (exact) mass is 349 g/mol. The van der Waals surface area contributed by atoms with Gasteiger partial charge in [-0.1, -0.05) is 31.2 Å². The van der Waals surface area contributed by atoms with Crippen LogP contribution in [0.3, 0.4) is 0 Å². The third-order valence-corrected chi connectivity index (χ3v) is 5.51. The van der Waals surface area contributed by atoms with E-state index in [-0.39, 0.29) is 6.23 Å². The second kappa shape index (κ2) is 7.55. The smallest absolute Gasteiger partial charge is 0.152 e. The molecular weight excluding hydrogens is 322 g/mol. The van der Waals surface area contributed by atoms with E-state index in [0.29, 0.717) is 0 Å². The van der Waals surface area contributed by atoms with Crippen molar-refractivity contribution in [2.45, 2.75) is 38.8 Å². The molecule has 0 saturated carbocycles. The number of benzene rings is 2. The summed E-state index contributed by atoms with van der Waals surface area (Å²) in [5, 5.41) is 0. The summed E-state index contributed by atoms with van der Waals surface area (Å²) in [6.45, 7) is 4.40. The summed E-state index contributed by atoms with van der Waals surface area (Å²) < 4.78 is 11.6. The number of fused-ring (bicyclic) bond motifs is 1. The molecule has 0 spiro atoms. The zero-order valence-corrected chi connectivity index (χ0v) is 15.7. The summed E-state index contributed by atoms with van der Waals surface area (Å²) in [5.41, 5.74) is 5.25. The molecule has 2 aromatic rings. The molecule has 3 nitrogen and oxygen atoms in total. The molecule has 1 saturated heterocycles. The van der Waals surface area contributed by atoms with Crippen molar-refractivity contribution in [2.24, 2.45) is 0 Å². The average Bonchev–Trinajstić information content (AvgIpc) is 3.15. The maximum atomic E-state index is 6.21. The molecule has 0 amide bonds. The average molecular weight is 349 g/mol. The first-order valence-corrected chi connectivity index (χ1v) is 9.67. The first kappa shape index (κ1) is 17.2. The van der Waals surface area contributed by atoms with Crippen LogP contribution >= 0.6 is 0 Å². The van der Waals surface area contributed by atoms with Crippen LogP contribution in [0.2, 0.25) is 0 Å². The van der Waals surface area contributed by atoms with Gasteiger partial charge in [0.25, 0.3) is 0 Å². The summed E-state index contributed by atoms with van der Waals surface area (Å²) >= 11 is 0. The highest BCUT2D eigenvalue weighted by Crippen LogP contribution is 2.34. The molecule has 2 aromatic carbocycles. The molecule has 1 unspecified atom stereocenters. The zero-order valence-electron chi connectivity index (χ0n) is 15.7. The van der Waals surface area contributed by atoms with E-state index in [1.807, 2.05) is 0 Å². The molecular formula is C23H27NO2. The Labute approximate surface area is 156 Å². The van der Waals surface area contributed by atoms with E-state index < -0.39 is 0 Å². The molecule has 0 radical (unpaired) electrons. The van der Waals surface area contributed by atoms with Crippen LogP contribution in [0.5, 0.6) is 11.5 Å². The lowest BCUT2D eigenvalue weighted by atomic mass is 9.87. The fourth-order valence-electron chi connectivity index (χ4n) is 4.08. The van der Waals surface area contributed by atoms with Gasteiger partial charge in [0.2, 0.25) is 0 Å². The molecule has 26 heavy (non-hydrogen) atoms. The van der Waals surface area contributed by atoms with E-state index in [4.69, 9.17) is 9.47 Å². The Morgan fingerprint density at radius 1 is 1.08 bits per heavy atom. The Kier molecular flexibility index (Phi) is 4.98. The lowest BCUT2D eigenvalue weighted by Gasteiger charge is -2.24. The molecule has 2 aliphatic rings. The molecule has 136 valence electrons. The van der Waals surface area contributed by atoms with Gasteiger partial charge in [0, 0.05) is 6.54 Å². The van der Waals surface area contributed by atoms with Gasteiger partial charge in [-0.3, -0.25) is 4.90 Å². The van der Waals surface area contributed by atoms with Gasteiger partial charge in [0.05, 0.1) is 7.11 Å². The van der Waals surface area contributed by atoms with Crippen LogP contribution in [0.1, 0.15) is 42.9 Å². The fraction of sp³-hybridized carbons (Fsp3) is 0.391. The number of ether oxygens (including phenoxy) is 2. The van der Waals surface area contributed by atoms with Crippen LogP contribution in [-0.4, -0.2) is 31.3 Å². The second-order valence-electron chi connectivity index (χ2n) is 7.05. The van der Waals surface area contributed by atoms with Crippen molar-refractivity contribution in [2.75, 3.05) is 20.2 Å². The van der Waals surface area contributed by atoms with Crippen LogP contribution in [0, 0.1) is 0 Å². The highest BCUT2D eigenvalue weighted by atomic mass is 16.5. The summed E-state index contributed by atoms with van der Waals surface area (Å²) in [6, 6.07) is 15.0. The highest BCUT2D eigenvalue weighted by molar-refractivity contribution is 5.83. The highest BCUT2D eigenvalue weighted by Gasteiger charge is 2.24. The van der Waals surface area contributed by atoms with Crippen molar-refractivity contribution in [1.82, 2.24) is 4.90 Å². The van der Waals surface area contributed by atoms with Crippen LogP contribution in [-0.2, 0) is 6.42 Å². The van der Waals surface area contributed by atoms with Crippen LogP contribution < -0.4 is 9.47 Å². The normalized spacial score (nSPS) is 19.8. The summed E-state index contributed by atoms with van der Waals surface area (Å²) in [4.78, 5) is 2.40. The van der Waals surface area contributed by atoms with Gasteiger partial charge in [-0.2, -0.15) is 0 Å². The molecule has 4 rings (SSSR count). The number of likely N-dealkylation sites (tertiary alicyclic amines) is 1. The Bertz CT molecular complexity index is 794. The Morgan fingerprint density at radius 3 is 2.65 bits per heavy atom. The largest absolute Gasteiger partial charge is 0.497 e. The van der Waals surface area contributed by atoms with E-state index in [1.165, 1.54) is 28.7 Å². The van der Waals surface area contributed by atoms with Crippen LogP contribution in [0.25, 0.3) is 5.57 Å². The predicted molar refractivity (Wildman–Crippen MR) is 106 cm³/mol. The number of hydrogen-bond acceptors (Lipinski definition) is 3. The third kappa shape index (κ3) is 3.36. The summed E-state index contributed by atoms with van der Waals surface area (Å²) in [6.07, 6.45) is 7.07. The van der Waals surface area contributed by atoms with E-state index >= 15 is 0 Å². The van der Waals surface area contributed by atoms with Crippen molar-refractivity contribution in [3.05, 3.63) is 65.2 Å². The van der Waals surface area contributed by atoms with Gasteiger partial charge in [-0.05, 0) is 78.8 Å². The number of methoxy groups -OCH3 is 1. The molecule has 3 heteroatoms. The van der Waals surface area contributed by atoms with Crippen molar-refractivity contribution in [3.63, 3.8) is 0 Å². The molecule has 1 heterocycles. The quantitative estimate of drug-likeness (QED) is 0.767. The minimum atomic E-state index is 0.230. The minimum Gasteiger partial charge on any atom is -0.497 e. The maximum absolute atomic E-state index is 6.21. The second-order valence-corrected chi connectivity index (χ2v) is 7.05. The van der Waals surface area contributed by atoms with E-state index in [0.717, 1.165) is 43.9 Å². The number of hydrogen-bond donors (Lipinski definition) is 0. The number of allylic oxidation sites excluding steroid dienone is 1. The first-order chi connectivity index (χ1) is 12.8. The molecule has 1 fully saturated rings. The van der Waals surface area contributed by atoms with Crippen LogP contribution in [0.15, 0.2) is 48.5 Å². The number of rotatable bonds is 5. The van der Waals surface area contributed by atoms with Gasteiger partial charge in [0.1, 0.15) is 11.5 Å². The van der Waals surface area contributed by atoms with E-state index in [2.05, 4.69) is 60.4 Å². The van der Waals surface area contributed by atoms with E-state index in [1.54, 1.807) is 7.11 Å². The van der Waals surface area contributed by atoms with Crippen molar-refractivity contribution in [3.8, 4) is 11.5 Å². The van der Waals surface area contributed by atoms with Gasteiger partial charge in [-0.25, -0.2) is 0 Å². The number of aryl methyl sites for hydroxylation is 1. The number of nitrogens with zero attached hydrogens (tertiary/aromatic N) is 1. The lowest BCUT2D eigenvalue weighted by molar-refractivity contribution is 0.0650. The predicted octanol–water partition coefficient (Wildman–Crippen LogP) is 4.89. The van der Waals surface area contributed by atoms with Crippen molar-refractivity contribution >= 4 is 5.57 Å². The Balaban J connectivity index is 1.53. The zero-order chi connectivity index (χ0) is 17.9. The maximum Gasteiger partial charge on any atom is 0.152 e. The summed E-state index contributed by atoms with van der Waals surface area (Å²) in [7, 11) is 1.73. The van der Waals surface area contributed by atoms with Crippen LogP contribution in [0.4, 0.5) is 0 Å². The van der Waals surface area contributed by atoms with Gasteiger partial charge in [-0.15, -0.1) is 0 Å². The fourth-order valence-corrected chi connectivity index (χ4v) is 4.08. The Morgan fingerprint density at radius 2 is 1.88 bits per heavy atom. The molecule has 1 aliphatic heterocycles. The van der Waals surface area contributed by atoms with Crippen molar-refractivity contribution in [1.29, 1.82) is 0 Å². The minimum absolute atomic E-state index is 0.230. The topological polar surface area (TPSA) is 21.7 Å². The molecule has 0 N–H and O–H groups in total. The van der Waals surface area contributed by atoms with Gasteiger partial charge in [0.15, 0.2) is 6.23 Å². The molecule has 1 atom stereocenters. The van der Waals surface area contributed by atoms with Gasteiger partial charge >= 0.3 is 0 Å². The SMILES string of the molecule is CCN1CCCC1Oc1ccc(C2=CCCc3cc(OC)ccc32)cc1. The molecule has 0 bridgehead atoms. The lowest BCUT2D eigenvalue weighted by Crippen LogP contribution is -2.33. The molecule has 1 aliphatic carbocycles. The molecule has 0 aromatic heterocycles. The summed E-state index contributed by atoms with van der Waals surface area (Å²) in [5.74, 6) is 1.90. The standard InChI is InChI=1S/C23H27NO2/c1-3-24-15-5-8-23(24)26-19-11-9-17(10-12-19)21-7-4-6-18-16-20(25-2)13-14-22(18)21/h7,9-14,16,23H,3-6,8,15H2,1-2H3. The van der Waals surface area contributed by atoms with Gasteiger partial charge < -0.3 is 9.47 Å². The first-order valence-electron chi connectivity index (χ1n) is 9.67. The van der Waals surface area contributed by atoms with Crippen molar-refractivity contribution < 1.29 is 9.47 Å².